The minimum absolute atomic E-state index is 0.0586. The monoisotopic (exact) mass is 516 g/mol. The average Bonchev–Trinajstić information content (AvgIpc) is 3.14. The molecule has 2 N–H and O–H groups in total. The van der Waals surface area contributed by atoms with Gasteiger partial charge in [-0.05, 0) is 18.6 Å². The number of unbranched alkanes of at least 4 members (excludes halogenated alkanes) is 14. The Morgan fingerprint density at radius 3 is 1.65 bits per heavy atom. The number of rotatable bonds is 18. The van der Waals surface area contributed by atoms with Crippen LogP contribution < -0.4 is 0 Å². The minimum Gasteiger partial charge on any atom is -0.282 e. The third kappa shape index (κ3) is 9.28. The lowest BCUT2D eigenvalue weighted by molar-refractivity contribution is 0.470. The number of nitrogens with zero attached hydrogens (tertiary/aromatic N) is 2. The predicted molar refractivity (Wildman–Crippen MR) is 135 cm³/mol. The first kappa shape index (κ1) is 28.7. The zero-order chi connectivity index (χ0) is 25.0. The second-order valence-corrected chi connectivity index (χ2v) is 11.7. The maximum absolute atomic E-state index is 11.9. The lowest BCUT2D eigenvalue weighted by atomic mass is 10.0. The molecule has 10 heteroatoms. The summed E-state index contributed by atoms with van der Waals surface area (Å²) in [6.07, 6.45) is 18.4. The zero-order valence-electron chi connectivity index (χ0n) is 20.3. The molecule has 0 aliphatic heterocycles. The fourth-order valence-electron chi connectivity index (χ4n) is 4.38. The lowest BCUT2D eigenvalue weighted by Crippen LogP contribution is -2.14. The van der Waals surface area contributed by atoms with Crippen LogP contribution in [0.15, 0.2) is 23.1 Å². The van der Waals surface area contributed by atoms with E-state index < -0.39 is 25.3 Å². The topological polar surface area (TPSA) is 127 Å². The van der Waals surface area contributed by atoms with Crippen LogP contribution >= 0.6 is 0 Å². The Morgan fingerprint density at radius 2 is 1.21 bits per heavy atom. The summed E-state index contributed by atoms with van der Waals surface area (Å²) in [5, 5.41) is 0. The summed E-state index contributed by atoms with van der Waals surface area (Å²) in [5.74, 6) is 0.0586. The van der Waals surface area contributed by atoms with Crippen LogP contribution in [0.4, 0.5) is 0 Å². The number of hydrogen-bond acceptors (Lipinski definition) is 5. The summed E-state index contributed by atoms with van der Waals surface area (Å²) in [4.78, 5) is 3.65. The zero-order valence-corrected chi connectivity index (χ0v) is 21.9. The van der Waals surface area contributed by atoms with Gasteiger partial charge in [-0.15, -0.1) is 0 Å². The van der Waals surface area contributed by atoms with Gasteiger partial charge < -0.3 is 0 Å². The molecule has 1 heterocycles. The molecule has 0 atom stereocenters. The quantitative estimate of drug-likeness (QED) is 0.175. The van der Waals surface area contributed by atoms with E-state index >= 15 is 0 Å². The fraction of sp³-hybridized carbons (Fsp3) is 0.708. The number of aromatic nitrogens is 2. The van der Waals surface area contributed by atoms with Crippen molar-refractivity contribution in [3.8, 4) is 0 Å². The van der Waals surface area contributed by atoms with Crippen LogP contribution in [0.3, 0.4) is 0 Å². The van der Waals surface area contributed by atoms with Crippen molar-refractivity contribution >= 4 is 31.5 Å². The van der Waals surface area contributed by atoms with Crippen LogP contribution in [0.2, 0.25) is 0 Å². The summed E-state index contributed by atoms with van der Waals surface area (Å²) >= 11 is 0. The molecule has 1 aromatic carbocycles. The van der Waals surface area contributed by atoms with E-state index in [9.17, 15) is 25.9 Å². The Hall–Kier alpha value is -1.49. The highest BCUT2D eigenvalue weighted by Crippen LogP contribution is 2.26. The number of hydrogen-bond donors (Lipinski definition) is 2. The molecule has 2 aromatic rings. The van der Waals surface area contributed by atoms with Crippen LogP contribution in [-0.2, 0) is 26.8 Å². The molecular formula is C24H40N2O6S2. The summed E-state index contributed by atoms with van der Waals surface area (Å²) < 4.78 is 66.8. The van der Waals surface area contributed by atoms with Crippen molar-refractivity contribution in [3.63, 3.8) is 0 Å². The van der Waals surface area contributed by atoms with Gasteiger partial charge in [-0.1, -0.05) is 103 Å². The molecule has 0 aliphatic rings. The SMILES string of the molecule is CCCCCCCCCCCCCCCCCc1nc2c(S(=O)(=O)O)cccc2n1S(=O)(=O)O. The van der Waals surface area contributed by atoms with E-state index in [1.165, 1.54) is 82.8 Å². The standard InChI is InChI=1S/C24H40N2O6S2/c1-2-3-4-5-6-7-8-9-10-11-12-13-14-15-16-20-23-25-24-21(26(23)34(30,31)32)18-17-19-22(24)33(27,28)29/h17-19H,2-16,20H2,1H3,(H,27,28,29)(H,30,31,32). The van der Waals surface area contributed by atoms with Crippen molar-refractivity contribution in [2.75, 3.05) is 0 Å². The lowest BCUT2D eigenvalue weighted by Gasteiger charge is -2.06. The predicted octanol–water partition coefficient (Wildman–Crippen LogP) is 6.35. The molecule has 0 unspecified atom stereocenters. The van der Waals surface area contributed by atoms with Gasteiger partial charge in [-0.2, -0.15) is 16.8 Å². The Balaban J connectivity index is 1.72. The molecule has 2 rings (SSSR count). The molecule has 0 bridgehead atoms. The minimum atomic E-state index is -4.67. The van der Waals surface area contributed by atoms with Crippen molar-refractivity contribution in [2.24, 2.45) is 0 Å². The van der Waals surface area contributed by atoms with Gasteiger partial charge in [0.1, 0.15) is 16.2 Å². The van der Waals surface area contributed by atoms with E-state index in [1.54, 1.807) is 0 Å². The van der Waals surface area contributed by atoms with Crippen LogP contribution in [0.1, 0.15) is 109 Å². The number of para-hydroxylation sites is 1. The van der Waals surface area contributed by atoms with Gasteiger partial charge in [-0.25, -0.2) is 8.96 Å². The van der Waals surface area contributed by atoms with E-state index in [0.717, 1.165) is 25.3 Å². The highest BCUT2D eigenvalue weighted by atomic mass is 32.2. The molecule has 0 radical (unpaired) electrons. The van der Waals surface area contributed by atoms with Gasteiger partial charge in [0.15, 0.2) is 0 Å². The highest BCUT2D eigenvalue weighted by molar-refractivity contribution is 7.86. The maximum atomic E-state index is 11.9. The van der Waals surface area contributed by atoms with Crippen LogP contribution in [0, 0.1) is 0 Å². The third-order valence-electron chi connectivity index (χ3n) is 6.18. The van der Waals surface area contributed by atoms with E-state index in [0.29, 0.717) is 10.4 Å². The van der Waals surface area contributed by atoms with Gasteiger partial charge in [0.05, 0.1) is 5.52 Å². The summed E-state index contributed by atoms with van der Waals surface area (Å²) in [5.41, 5.74) is -0.243. The molecule has 0 aliphatic carbocycles. The number of benzene rings is 1. The molecule has 0 fully saturated rings. The average molecular weight is 517 g/mol. The van der Waals surface area contributed by atoms with E-state index in [1.807, 2.05) is 0 Å². The van der Waals surface area contributed by atoms with Crippen LogP contribution in [0.25, 0.3) is 11.0 Å². The summed E-state index contributed by atoms with van der Waals surface area (Å²) in [7, 11) is -9.25. The van der Waals surface area contributed by atoms with Crippen LogP contribution in [0.5, 0.6) is 0 Å². The van der Waals surface area contributed by atoms with Gasteiger partial charge in [0.25, 0.3) is 10.1 Å². The number of imidazole rings is 1. The van der Waals surface area contributed by atoms with Crippen LogP contribution in [-0.4, -0.2) is 34.9 Å². The molecule has 34 heavy (non-hydrogen) atoms. The number of fused-ring (bicyclic) bond motifs is 1. The molecular weight excluding hydrogens is 476 g/mol. The molecule has 0 saturated carbocycles. The molecule has 1 aromatic heterocycles. The fourth-order valence-corrected chi connectivity index (χ4v) is 5.82. The second-order valence-electron chi connectivity index (χ2n) is 9.07. The Labute approximate surface area is 204 Å². The van der Waals surface area contributed by atoms with Gasteiger partial charge in [0.2, 0.25) is 0 Å². The van der Waals surface area contributed by atoms with Crippen molar-refractivity contribution in [2.45, 2.75) is 115 Å². The molecule has 8 nitrogen and oxygen atoms in total. The second kappa shape index (κ2) is 14.2. The molecule has 0 saturated heterocycles. The molecule has 0 amide bonds. The smallest absolute Gasteiger partial charge is 0.282 e. The van der Waals surface area contributed by atoms with Crippen molar-refractivity contribution in [3.05, 3.63) is 24.0 Å². The first-order valence-electron chi connectivity index (χ1n) is 12.6. The Morgan fingerprint density at radius 1 is 0.735 bits per heavy atom. The van der Waals surface area contributed by atoms with E-state index in [4.69, 9.17) is 0 Å². The Bertz CT molecular complexity index is 1090. The number of aryl methyl sites for hydroxylation is 1. The summed E-state index contributed by atoms with van der Waals surface area (Å²) in [6, 6.07) is 3.79. The first-order chi connectivity index (χ1) is 16.2. The normalized spacial score (nSPS) is 12.6. The highest BCUT2D eigenvalue weighted by Gasteiger charge is 2.24. The largest absolute Gasteiger partial charge is 0.365 e. The molecule has 0 spiro atoms. The van der Waals surface area contributed by atoms with Gasteiger partial charge >= 0.3 is 10.3 Å². The van der Waals surface area contributed by atoms with Gasteiger partial charge in [-0.3, -0.25) is 9.11 Å². The van der Waals surface area contributed by atoms with Crippen molar-refractivity contribution < 1.29 is 25.9 Å². The van der Waals surface area contributed by atoms with E-state index in [-0.39, 0.29) is 23.3 Å². The first-order valence-corrected chi connectivity index (χ1v) is 15.5. The third-order valence-corrected chi connectivity index (χ3v) is 7.94. The summed E-state index contributed by atoms with van der Waals surface area (Å²) in [6.45, 7) is 2.24. The van der Waals surface area contributed by atoms with E-state index in [2.05, 4.69) is 11.9 Å². The Kier molecular flexibility index (Phi) is 12.0. The van der Waals surface area contributed by atoms with Crippen molar-refractivity contribution in [1.29, 1.82) is 0 Å². The molecule has 194 valence electrons. The van der Waals surface area contributed by atoms with Crippen molar-refractivity contribution in [1.82, 2.24) is 8.96 Å². The maximum Gasteiger partial charge on any atom is 0.365 e. The van der Waals surface area contributed by atoms with Gasteiger partial charge in [0, 0.05) is 6.42 Å².